The van der Waals surface area contributed by atoms with Crippen LogP contribution in [0.25, 0.3) is 11.1 Å². The van der Waals surface area contributed by atoms with Crippen LogP contribution in [0.1, 0.15) is 90.4 Å². The van der Waals surface area contributed by atoms with Gasteiger partial charge in [-0.3, -0.25) is 33.6 Å². The maximum atomic E-state index is 14.3. The molecule has 5 amide bonds. The number of hydrogen-bond donors (Lipinski definition) is 4. The van der Waals surface area contributed by atoms with Gasteiger partial charge in [0.15, 0.2) is 5.78 Å². The van der Waals surface area contributed by atoms with Crippen molar-refractivity contribution in [2.45, 2.75) is 115 Å². The molecule has 1 aliphatic rings. The monoisotopic (exact) mass is 812 g/mol. The first-order valence-corrected chi connectivity index (χ1v) is 20.5. The molecule has 57 heavy (non-hydrogen) atoms. The molecular weight excluding hydrogens is 757 g/mol. The summed E-state index contributed by atoms with van der Waals surface area (Å²) in [5.74, 6) is -6.10. The van der Waals surface area contributed by atoms with E-state index >= 15 is 0 Å². The molecule has 1 saturated heterocycles. The molecule has 3 rings (SSSR count). The number of amides is 5. The minimum absolute atomic E-state index is 0.0206. The number of carbonyl (C=O) groups is 7. The standard InChI is InChI=1S/C40H56N6O10S/c1-8-24(4)36(39(52)45-19-9-10-30(45)21-34(41)48)44(7)38(51)32(20-23(2)3)43-37(50)25(5)46(33(40(53)54)22-35(42)49)57(55,56)31-17-15-29(16-18-31)28-13-11-27(12-14-28)26(6)47/h11-18,23-25,30,32-33,36H,8-10,19-22H2,1-7H3,(H2,41,48)(H2,42,49)(H,43,50)(H,53,54)/t24-,25-,30-,32-,33+,36-/m0/s1. The third-order valence-electron chi connectivity index (χ3n) is 10.4. The Hall–Kier alpha value is -5.16. The average molecular weight is 813 g/mol. The Bertz CT molecular complexity index is 1920. The van der Waals surface area contributed by atoms with E-state index in [1.807, 2.05) is 13.8 Å². The SMILES string of the molecule is CC[C@H](C)[C@@H](C(=O)N1CCC[C@H]1CC(N)=O)N(C)C(=O)[C@H](CC(C)C)NC(=O)[C@H](C)N([C@H](CC(N)=O)C(=O)O)S(=O)(=O)c1ccc(-c2ccc(C(C)=O)cc2)cc1. The summed E-state index contributed by atoms with van der Waals surface area (Å²) in [6, 6.07) is 5.48. The molecular formula is C40H56N6O10S. The van der Waals surface area contributed by atoms with Gasteiger partial charge >= 0.3 is 5.97 Å². The number of carboxylic acids is 1. The first-order chi connectivity index (χ1) is 26.6. The third-order valence-corrected chi connectivity index (χ3v) is 12.4. The van der Waals surface area contributed by atoms with Crippen molar-refractivity contribution in [1.82, 2.24) is 19.4 Å². The lowest BCUT2D eigenvalue weighted by Crippen LogP contribution is -2.60. The lowest BCUT2D eigenvalue weighted by atomic mass is 9.94. The van der Waals surface area contributed by atoms with E-state index in [9.17, 15) is 47.1 Å². The van der Waals surface area contributed by atoms with Crippen LogP contribution in [0.3, 0.4) is 0 Å². The van der Waals surface area contributed by atoms with Crippen molar-refractivity contribution >= 4 is 51.3 Å². The highest BCUT2D eigenvalue weighted by molar-refractivity contribution is 7.89. The highest BCUT2D eigenvalue weighted by Crippen LogP contribution is 2.29. The number of carboxylic acid groups (broad SMARTS) is 1. The lowest BCUT2D eigenvalue weighted by Gasteiger charge is -2.38. The minimum atomic E-state index is -4.85. The smallest absolute Gasteiger partial charge is 0.322 e. The molecule has 1 aliphatic heterocycles. The topological polar surface area (TPSA) is 248 Å². The summed E-state index contributed by atoms with van der Waals surface area (Å²) in [6.45, 7) is 10.2. The van der Waals surface area contributed by atoms with Crippen LogP contribution in [0.2, 0.25) is 0 Å². The second kappa shape index (κ2) is 19.8. The predicted molar refractivity (Wildman–Crippen MR) is 212 cm³/mol. The van der Waals surface area contributed by atoms with Crippen molar-refractivity contribution in [1.29, 1.82) is 0 Å². The summed E-state index contributed by atoms with van der Waals surface area (Å²) in [4.78, 5) is 93.1. The number of rotatable bonds is 20. The number of aliphatic carboxylic acids is 1. The molecule has 0 spiro atoms. The van der Waals surface area contributed by atoms with Gasteiger partial charge in [-0.25, -0.2) is 8.42 Å². The molecule has 2 aromatic carbocycles. The molecule has 0 radical (unpaired) electrons. The van der Waals surface area contributed by atoms with Crippen LogP contribution >= 0.6 is 0 Å². The van der Waals surface area contributed by atoms with Gasteiger partial charge in [0.2, 0.25) is 39.6 Å². The second-order valence-corrected chi connectivity index (χ2v) is 17.0. The van der Waals surface area contributed by atoms with E-state index in [4.69, 9.17) is 11.5 Å². The maximum Gasteiger partial charge on any atom is 0.322 e. The van der Waals surface area contributed by atoms with E-state index in [0.29, 0.717) is 46.8 Å². The maximum absolute atomic E-state index is 14.3. The van der Waals surface area contributed by atoms with Gasteiger partial charge in [0, 0.05) is 31.6 Å². The first kappa shape index (κ1) is 46.2. The van der Waals surface area contributed by atoms with Crippen molar-refractivity contribution in [3.8, 4) is 11.1 Å². The summed E-state index contributed by atoms with van der Waals surface area (Å²) >= 11 is 0. The molecule has 1 fully saturated rings. The molecule has 0 bridgehead atoms. The number of benzene rings is 2. The highest BCUT2D eigenvalue weighted by Gasteiger charge is 2.45. The summed E-state index contributed by atoms with van der Waals surface area (Å²) in [5, 5.41) is 12.8. The first-order valence-electron chi connectivity index (χ1n) is 19.0. The number of Topliss-reactive ketones (excluding diaryl/α,β-unsaturated/α-hetero) is 1. The number of likely N-dealkylation sites (tertiary alicyclic amines) is 1. The number of hydrogen-bond acceptors (Lipinski definition) is 9. The highest BCUT2D eigenvalue weighted by atomic mass is 32.2. The number of primary amides is 2. The van der Waals surface area contributed by atoms with Gasteiger partial charge < -0.3 is 31.7 Å². The number of sulfonamides is 1. The normalized spacial score (nSPS) is 17.0. The molecule has 16 nitrogen and oxygen atoms in total. The molecule has 0 aromatic heterocycles. The van der Waals surface area contributed by atoms with E-state index in [2.05, 4.69) is 5.32 Å². The summed E-state index contributed by atoms with van der Waals surface area (Å²) < 4.78 is 29.0. The average Bonchev–Trinajstić information content (AvgIpc) is 3.60. The largest absolute Gasteiger partial charge is 0.480 e. The summed E-state index contributed by atoms with van der Waals surface area (Å²) in [5.41, 5.74) is 12.6. The Kier molecular flexibility index (Phi) is 16.1. The zero-order chi connectivity index (χ0) is 42.9. The molecule has 17 heteroatoms. The van der Waals surface area contributed by atoms with Crippen molar-refractivity contribution in [2.75, 3.05) is 13.6 Å². The van der Waals surface area contributed by atoms with E-state index in [0.717, 1.165) is 6.92 Å². The van der Waals surface area contributed by atoms with Crippen LogP contribution in [-0.4, -0.2) is 113 Å². The third kappa shape index (κ3) is 11.5. The Morgan fingerprint density at radius 3 is 1.95 bits per heavy atom. The number of ketones is 1. The number of nitrogens with one attached hydrogen (secondary N) is 1. The van der Waals surface area contributed by atoms with Gasteiger partial charge in [-0.15, -0.1) is 0 Å². The molecule has 6 N–H and O–H groups in total. The quantitative estimate of drug-likeness (QED) is 0.142. The van der Waals surface area contributed by atoms with Crippen LogP contribution in [0.4, 0.5) is 0 Å². The van der Waals surface area contributed by atoms with E-state index < -0.39 is 76.3 Å². The van der Waals surface area contributed by atoms with E-state index in [1.165, 1.54) is 43.1 Å². The molecule has 6 atom stereocenters. The van der Waals surface area contributed by atoms with Crippen molar-refractivity contribution in [2.24, 2.45) is 23.3 Å². The van der Waals surface area contributed by atoms with Gasteiger partial charge in [-0.1, -0.05) is 70.5 Å². The Labute approximate surface area is 334 Å². The molecule has 312 valence electrons. The number of nitrogens with two attached hydrogens (primary N) is 2. The molecule has 0 unspecified atom stereocenters. The number of nitrogens with zero attached hydrogens (tertiary/aromatic N) is 3. The number of likely N-dealkylation sites (N-methyl/N-ethyl adjacent to an activating group) is 1. The molecule has 0 saturated carbocycles. The predicted octanol–water partition coefficient (Wildman–Crippen LogP) is 2.53. The van der Waals surface area contributed by atoms with Crippen LogP contribution in [0.15, 0.2) is 53.4 Å². The van der Waals surface area contributed by atoms with Crippen LogP contribution < -0.4 is 16.8 Å². The fourth-order valence-electron chi connectivity index (χ4n) is 7.20. The summed E-state index contributed by atoms with van der Waals surface area (Å²) in [7, 11) is -3.40. The Morgan fingerprint density at radius 2 is 1.47 bits per heavy atom. The van der Waals surface area contributed by atoms with Gasteiger partial charge in [0.05, 0.1) is 11.3 Å². The Morgan fingerprint density at radius 1 is 0.912 bits per heavy atom. The minimum Gasteiger partial charge on any atom is -0.480 e. The molecule has 2 aromatic rings. The van der Waals surface area contributed by atoms with E-state index in [1.54, 1.807) is 43.0 Å². The zero-order valence-electron chi connectivity index (χ0n) is 33.6. The van der Waals surface area contributed by atoms with Gasteiger partial charge in [-0.2, -0.15) is 4.31 Å². The molecule has 0 aliphatic carbocycles. The lowest BCUT2D eigenvalue weighted by molar-refractivity contribution is -0.149. The van der Waals surface area contributed by atoms with Crippen molar-refractivity contribution in [3.63, 3.8) is 0 Å². The van der Waals surface area contributed by atoms with Crippen molar-refractivity contribution < 1.29 is 47.1 Å². The van der Waals surface area contributed by atoms with Gasteiger partial charge in [0.1, 0.15) is 24.2 Å². The van der Waals surface area contributed by atoms with E-state index in [-0.39, 0.29) is 41.3 Å². The fraction of sp³-hybridized carbons (Fsp3) is 0.525. The van der Waals surface area contributed by atoms with Crippen LogP contribution in [0.5, 0.6) is 0 Å². The summed E-state index contributed by atoms with van der Waals surface area (Å²) in [6.07, 6.45) is 0.837. The zero-order valence-corrected chi connectivity index (χ0v) is 34.5. The second-order valence-electron chi connectivity index (χ2n) is 15.2. The van der Waals surface area contributed by atoms with Gasteiger partial charge in [-0.05, 0) is 68.2 Å². The Balaban J connectivity index is 2.00. The van der Waals surface area contributed by atoms with Crippen LogP contribution in [0, 0.1) is 11.8 Å². The molecule has 1 heterocycles. The van der Waals surface area contributed by atoms with Gasteiger partial charge in [0.25, 0.3) is 0 Å². The van der Waals surface area contributed by atoms with Crippen molar-refractivity contribution in [3.05, 3.63) is 54.1 Å². The number of carbonyl (C=O) groups excluding carboxylic acids is 6. The fourth-order valence-corrected chi connectivity index (χ4v) is 8.93. The van der Waals surface area contributed by atoms with Crippen LogP contribution in [-0.2, 0) is 38.8 Å².